The molecule has 0 aliphatic heterocycles. The van der Waals surface area contributed by atoms with Crippen molar-refractivity contribution >= 4 is 16.5 Å². The van der Waals surface area contributed by atoms with E-state index in [9.17, 15) is 13.0 Å². The van der Waals surface area contributed by atoms with Crippen LogP contribution in [0.2, 0.25) is 0 Å². The molecule has 0 unspecified atom stereocenters. The molecule has 29 heavy (non-hydrogen) atoms. The van der Waals surface area contributed by atoms with Crippen LogP contribution in [0.1, 0.15) is 84.6 Å². The van der Waals surface area contributed by atoms with Gasteiger partial charge in [-0.1, -0.05) is 83.7 Å². The topological polar surface area (TPSA) is 69.6 Å². The number of quaternary nitrogens is 1. The second-order valence-electron chi connectivity index (χ2n) is 7.72. The summed E-state index contributed by atoms with van der Waals surface area (Å²) in [5, 5.41) is 0. The monoisotopic (exact) mass is 426 g/mol. The molecule has 0 saturated heterocycles. The maximum atomic E-state index is 10.1. The van der Waals surface area contributed by atoms with E-state index in [0.717, 1.165) is 6.21 Å². The lowest BCUT2D eigenvalue weighted by atomic mass is 10.1. The molecular formula is C23H42N2O3S. The van der Waals surface area contributed by atoms with Gasteiger partial charge in [-0.3, -0.25) is 0 Å². The van der Waals surface area contributed by atoms with Gasteiger partial charge in [0, 0.05) is 6.21 Å². The second-order valence-corrected chi connectivity index (χ2v) is 8.79. The van der Waals surface area contributed by atoms with Crippen molar-refractivity contribution in [2.24, 2.45) is 4.40 Å². The van der Waals surface area contributed by atoms with Gasteiger partial charge >= 0.3 is 0 Å². The minimum absolute atomic E-state index is 0.580. The number of hydrogen-bond donors (Lipinski definition) is 0. The third-order valence-electron chi connectivity index (χ3n) is 5.07. The van der Waals surface area contributed by atoms with Gasteiger partial charge in [0.2, 0.25) is 10.3 Å². The fourth-order valence-corrected chi connectivity index (χ4v) is 3.56. The molecule has 0 fully saturated rings. The molecule has 0 aromatic heterocycles. The summed E-state index contributed by atoms with van der Waals surface area (Å²) in [5.74, 6) is 0. The quantitative estimate of drug-likeness (QED) is 0.222. The molecule has 0 atom stereocenters. The Morgan fingerprint density at radius 1 is 0.793 bits per heavy atom. The first-order chi connectivity index (χ1) is 13.8. The van der Waals surface area contributed by atoms with Crippen LogP contribution in [-0.2, 0) is 10.3 Å². The number of benzene rings is 1. The highest BCUT2D eigenvalue weighted by atomic mass is 32.2. The van der Waals surface area contributed by atoms with Gasteiger partial charge in [0.15, 0.2) is 0 Å². The number of nitrogens with zero attached hydrogens (tertiary/aromatic N) is 2. The van der Waals surface area contributed by atoms with Crippen LogP contribution in [0, 0.1) is 0 Å². The largest absolute Gasteiger partial charge is 0.730 e. The van der Waals surface area contributed by atoms with Crippen molar-refractivity contribution in [3.05, 3.63) is 35.9 Å². The summed E-state index contributed by atoms with van der Waals surface area (Å²) < 4.78 is 34.4. The maximum Gasteiger partial charge on any atom is 0.202 e. The zero-order chi connectivity index (χ0) is 22.0. The molecule has 0 radical (unpaired) electrons. The normalized spacial score (nSPS) is 12.0. The third-order valence-corrected chi connectivity index (χ3v) is 5.44. The van der Waals surface area contributed by atoms with Gasteiger partial charge in [-0.15, -0.1) is 0 Å². The van der Waals surface area contributed by atoms with E-state index in [0.29, 0.717) is 5.56 Å². The molecule has 6 heteroatoms. The first-order valence-corrected chi connectivity index (χ1v) is 12.6. The summed E-state index contributed by atoms with van der Waals surface area (Å²) >= 11 is 0. The van der Waals surface area contributed by atoms with E-state index < -0.39 is 10.3 Å². The molecule has 0 heterocycles. The number of unbranched alkanes of at least 4 members (excludes halogenated alkanes) is 4. The van der Waals surface area contributed by atoms with Crippen molar-refractivity contribution in [3.63, 3.8) is 0 Å². The highest BCUT2D eigenvalue weighted by molar-refractivity contribution is 7.84. The predicted molar refractivity (Wildman–Crippen MR) is 123 cm³/mol. The Balaban J connectivity index is 0.000000571. The minimum Gasteiger partial charge on any atom is -0.730 e. The summed E-state index contributed by atoms with van der Waals surface area (Å²) in [6.07, 6.45) is 12.1. The first-order valence-electron chi connectivity index (χ1n) is 11.2. The van der Waals surface area contributed by atoms with Gasteiger partial charge in [0.05, 0.1) is 26.2 Å². The lowest BCUT2D eigenvalue weighted by Gasteiger charge is -2.39. The average Bonchev–Trinajstić information content (AvgIpc) is 2.72. The SMILES string of the molecule is CCCC[N+](CCCC)(CCCC)CCCC.O=S(=O)([O-])N=Cc1ccccc1. The zero-order valence-corrected chi connectivity index (χ0v) is 19.8. The fraction of sp³-hybridized carbons (Fsp3) is 0.696. The van der Waals surface area contributed by atoms with Crippen LogP contribution in [0.5, 0.6) is 0 Å². The van der Waals surface area contributed by atoms with Crippen molar-refractivity contribution in [1.29, 1.82) is 0 Å². The molecule has 0 aliphatic rings. The Bertz CT molecular complexity index is 593. The molecule has 0 spiro atoms. The average molecular weight is 427 g/mol. The van der Waals surface area contributed by atoms with Crippen molar-refractivity contribution in [2.75, 3.05) is 26.2 Å². The van der Waals surface area contributed by atoms with Crippen LogP contribution in [0.25, 0.3) is 0 Å². The van der Waals surface area contributed by atoms with E-state index in [-0.39, 0.29) is 0 Å². The van der Waals surface area contributed by atoms with Gasteiger partial charge in [0.25, 0.3) is 0 Å². The van der Waals surface area contributed by atoms with Crippen LogP contribution in [0.4, 0.5) is 0 Å². The Hall–Kier alpha value is -1.24. The van der Waals surface area contributed by atoms with Crippen molar-refractivity contribution < 1.29 is 17.5 Å². The van der Waals surface area contributed by atoms with E-state index in [2.05, 4.69) is 32.1 Å². The second kappa shape index (κ2) is 16.5. The van der Waals surface area contributed by atoms with Gasteiger partial charge < -0.3 is 9.04 Å². The van der Waals surface area contributed by atoms with Gasteiger partial charge in [-0.05, 0) is 31.2 Å². The van der Waals surface area contributed by atoms with E-state index >= 15 is 0 Å². The molecule has 168 valence electrons. The smallest absolute Gasteiger partial charge is 0.202 e. The highest BCUT2D eigenvalue weighted by Crippen LogP contribution is 2.16. The van der Waals surface area contributed by atoms with Crippen molar-refractivity contribution in [1.82, 2.24) is 0 Å². The lowest BCUT2D eigenvalue weighted by Crippen LogP contribution is -2.50. The van der Waals surface area contributed by atoms with E-state index in [1.165, 1.54) is 82.0 Å². The first kappa shape index (κ1) is 27.8. The van der Waals surface area contributed by atoms with E-state index in [1.807, 2.05) is 0 Å². The summed E-state index contributed by atoms with van der Waals surface area (Å²) in [6, 6.07) is 8.52. The third kappa shape index (κ3) is 15.3. The van der Waals surface area contributed by atoms with Gasteiger partial charge in [0.1, 0.15) is 0 Å². The molecule has 0 N–H and O–H groups in total. The minimum atomic E-state index is -4.50. The molecule has 1 aromatic carbocycles. The van der Waals surface area contributed by atoms with Crippen LogP contribution < -0.4 is 0 Å². The maximum absolute atomic E-state index is 10.1. The highest BCUT2D eigenvalue weighted by Gasteiger charge is 2.24. The summed E-state index contributed by atoms with van der Waals surface area (Å²) in [5.41, 5.74) is 0.580. The van der Waals surface area contributed by atoms with Gasteiger partial charge in [-0.2, -0.15) is 4.40 Å². The van der Waals surface area contributed by atoms with Crippen LogP contribution in [0.15, 0.2) is 34.7 Å². The molecule has 0 saturated carbocycles. The predicted octanol–water partition coefficient (Wildman–Crippen LogP) is 5.57. The summed E-state index contributed by atoms with van der Waals surface area (Å²) in [4.78, 5) is 0. The number of rotatable bonds is 14. The molecule has 1 aromatic rings. The van der Waals surface area contributed by atoms with E-state index in [1.54, 1.807) is 30.3 Å². The zero-order valence-electron chi connectivity index (χ0n) is 19.0. The molecule has 0 bridgehead atoms. The van der Waals surface area contributed by atoms with Crippen molar-refractivity contribution in [2.45, 2.75) is 79.1 Å². The molecular weight excluding hydrogens is 384 g/mol. The Morgan fingerprint density at radius 3 is 1.48 bits per heavy atom. The van der Waals surface area contributed by atoms with Crippen LogP contribution in [0.3, 0.4) is 0 Å². The fourth-order valence-electron chi connectivity index (χ4n) is 3.31. The van der Waals surface area contributed by atoms with Crippen molar-refractivity contribution in [3.8, 4) is 0 Å². The van der Waals surface area contributed by atoms with Crippen LogP contribution >= 0.6 is 0 Å². The van der Waals surface area contributed by atoms with Gasteiger partial charge in [-0.25, -0.2) is 8.42 Å². The Morgan fingerprint density at radius 2 is 1.17 bits per heavy atom. The Labute approximate surface area is 179 Å². The molecule has 5 nitrogen and oxygen atoms in total. The van der Waals surface area contributed by atoms with Crippen LogP contribution in [-0.4, -0.2) is 49.8 Å². The standard InChI is InChI=1S/C16H36N.C7H7NO3S/c1-5-9-13-17(14-10-6-2,15-11-7-3)16-12-8-4;9-12(10,11)8-6-7-4-2-1-3-5-7/h5-16H2,1-4H3;1-6H,(H,9,10,11)/q+1;/p-1. The lowest BCUT2D eigenvalue weighted by molar-refractivity contribution is -0.929. The van der Waals surface area contributed by atoms with E-state index in [4.69, 9.17) is 0 Å². The molecule has 0 amide bonds. The summed E-state index contributed by atoms with van der Waals surface area (Å²) in [6.45, 7) is 15.0. The number of hydrogen-bond acceptors (Lipinski definition) is 3. The summed E-state index contributed by atoms with van der Waals surface area (Å²) in [7, 11) is -4.50. The molecule has 0 aliphatic carbocycles. The molecule has 1 rings (SSSR count). The Kier molecular flexibility index (Phi) is 15.8.